The number of urea groups is 1. The number of piperidine rings is 1. The molecule has 6 nitrogen and oxygen atoms in total. The van der Waals surface area contributed by atoms with E-state index in [1.165, 1.54) is 0 Å². The number of hydrogen-bond acceptors (Lipinski definition) is 4. The van der Waals surface area contributed by atoms with Crippen molar-refractivity contribution in [1.82, 2.24) is 14.8 Å². The second-order valence-electron chi connectivity index (χ2n) is 7.69. The SMILES string of the molecule is O=C(N1CCCC1)N1CCC2(CC1)OCC[C@@H]2CCOc1cccnc1. The molecule has 1 atom stereocenters. The summed E-state index contributed by atoms with van der Waals surface area (Å²) in [6.07, 6.45) is 9.78. The highest BCUT2D eigenvalue weighted by Crippen LogP contribution is 2.42. The second-order valence-corrected chi connectivity index (χ2v) is 7.69. The quantitative estimate of drug-likeness (QED) is 0.829. The molecule has 0 N–H and O–H groups in total. The number of aromatic nitrogens is 1. The summed E-state index contributed by atoms with van der Waals surface area (Å²) >= 11 is 0. The van der Waals surface area contributed by atoms with Crippen LogP contribution in [0.3, 0.4) is 0 Å². The Morgan fingerprint density at radius 1 is 1.23 bits per heavy atom. The van der Waals surface area contributed by atoms with Crippen molar-refractivity contribution < 1.29 is 14.3 Å². The zero-order chi connectivity index (χ0) is 17.8. The van der Waals surface area contributed by atoms with E-state index in [9.17, 15) is 4.79 Å². The molecule has 0 bridgehead atoms. The Labute approximate surface area is 155 Å². The van der Waals surface area contributed by atoms with Gasteiger partial charge < -0.3 is 19.3 Å². The predicted molar refractivity (Wildman–Crippen MR) is 98.1 cm³/mol. The largest absolute Gasteiger partial charge is 0.492 e. The molecular weight excluding hydrogens is 330 g/mol. The van der Waals surface area contributed by atoms with E-state index in [0.29, 0.717) is 12.5 Å². The molecule has 0 saturated carbocycles. The standard InChI is InChI=1S/C20H29N3O3/c24-19(22-10-1-2-11-22)23-12-7-20(8-13-23)17(6-15-26-20)5-14-25-18-4-3-9-21-16-18/h3-4,9,16-17H,1-2,5-8,10-15H2/t17-/m0/s1. The van der Waals surface area contributed by atoms with Gasteiger partial charge in [0.2, 0.25) is 0 Å². The average Bonchev–Trinajstić information content (AvgIpc) is 3.34. The highest BCUT2D eigenvalue weighted by atomic mass is 16.5. The van der Waals surface area contributed by atoms with Gasteiger partial charge in [-0.05, 0) is 56.6 Å². The number of nitrogens with zero attached hydrogens (tertiary/aromatic N) is 3. The molecule has 0 aromatic carbocycles. The molecule has 1 spiro atoms. The van der Waals surface area contributed by atoms with Crippen molar-refractivity contribution in [2.75, 3.05) is 39.4 Å². The molecule has 3 aliphatic rings. The molecule has 142 valence electrons. The van der Waals surface area contributed by atoms with Crippen molar-refractivity contribution in [3.63, 3.8) is 0 Å². The average molecular weight is 359 g/mol. The monoisotopic (exact) mass is 359 g/mol. The van der Waals surface area contributed by atoms with E-state index in [4.69, 9.17) is 9.47 Å². The molecule has 3 fully saturated rings. The fraction of sp³-hybridized carbons (Fsp3) is 0.700. The first-order valence-electron chi connectivity index (χ1n) is 9.97. The Morgan fingerprint density at radius 2 is 2.00 bits per heavy atom. The summed E-state index contributed by atoms with van der Waals surface area (Å²) in [7, 11) is 0. The molecule has 3 aliphatic heterocycles. The normalized spacial score (nSPS) is 25.0. The van der Waals surface area contributed by atoms with Gasteiger partial charge in [-0.1, -0.05) is 0 Å². The lowest BCUT2D eigenvalue weighted by atomic mass is 9.78. The number of carbonyl (C=O) groups excluding carboxylic acids is 1. The molecule has 6 heteroatoms. The number of rotatable bonds is 4. The minimum absolute atomic E-state index is 0.0555. The molecule has 26 heavy (non-hydrogen) atoms. The van der Waals surface area contributed by atoms with Crippen molar-refractivity contribution in [3.05, 3.63) is 24.5 Å². The first-order chi connectivity index (χ1) is 12.8. The number of carbonyl (C=O) groups is 1. The van der Waals surface area contributed by atoms with Crippen LogP contribution >= 0.6 is 0 Å². The van der Waals surface area contributed by atoms with Crippen LogP contribution in [-0.2, 0) is 4.74 Å². The molecule has 0 radical (unpaired) electrons. The van der Waals surface area contributed by atoms with Crippen LogP contribution in [-0.4, -0.2) is 65.8 Å². The Balaban J connectivity index is 1.28. The van der Waals surface area contributed by atoms with Gasteiger partial charge in [-0.15, -0.1) is 0 Å². The summed E-state index contributed by atoms with van der Waals surface area (Å²) in [6.45, 7) is 5.00. The van der Waals surface area contributed by atoms with Crippen LogP contribution in [0.1, 0.15) is 38.5 Å². The maximum absolute atomic E-state index is 12.6. The molecular formula is C20H29N3O3. The van der Waals surface area contributed by atoms with Crippen LogP contribution in [0.4, 0.5) is 4.79 Å². The van der Waals surface area contributed by atoms with Crippen LogP contribution in [0, 0.1) is 5.92 Å². The molecule has 4 rings (SSSR count). The van der Waals surface area contributed by atoms with Crippen LogP contribution in [0.15, 0.2) is 24.5 Å². The predicted octanol–water partition coefficient (Wildman–Crippen LogP) is 2.94. The molecule has 0 unspecified atom stereocenters. The maximum Gasteiger partial charge on any atom is 0.320 e. The molecule has 3 saturated heterocycles. The van der Waals surface area contributed by atoms with Crippen LogP contribution < -0.4 is 4.74 Å². The number of pyridine rings is 1. The minimum atomic E-state index is -0.0555. The summed E-state index contributed by atoms with van der Waals surface area (Å²) in [5.74, 6) is 1.34. The molecule has 1 aromatic rings. The van der Waals surface area contributed by atoms with E-state index in [-0.39, 0.29) is 11.6 Å². The van der Waals surface area contributed by atoms with E-state index < -0.39 is 0 Å². The Bertz CT molecular complexity index is 596. The van der Waals surface area contributed by atoms with Crippen molar-refractivity contribution in [2.24, 2.45) is 5.92 Å². The van der Waals surface area contributed by atoms with E-state index in [1.54, 1.807) is 12.4 Å². The van der Waals surface area contributed by atoms with Crippen LogP contribution in [0.25, 0.3) is 0 Å². The fourth-order valence-electron chi connectivity index (χ4n) is 4.68. The van der Waals surface area contributed by atoms with Gasteiger partial charge in [-0.3, -0.25) is 4.98 Å². The lowest BCUT2D eigenvalue weighted by molar-refractivity contribution is -0.0646. The maximum atomic E-state index is 12.6. The minimum Gasteiger partial charge on any atom is -0.492 e. The summed E-state index contributed by atoms with van der Waals surface area (Å²) in [5, 5.41) is 0. The second kappa shape index (κ2) is 7.82. The van der Waals surface area contributed by atoms with Crippen molar-refractivity contribution >= 4 is 6.03 Å². The van der Waals surface area contributed by atoms with Gasteiger partial charge in [0.1, 0.15) is 5.75 Å². The first-order valence-corrected chi connectivity index (χ1v) is 9.97. The van der Waals surface area contributed by atoms with Crippen LogP contribution in [0.5, 0.6) is 5.75 Å². The van der Waals surface area contributed by atoms with Gasteiger partial charge in [0.25, 0.3) is 0 Å². The lowest BCUT2D eigenvalue weighted by Crippen LogP contribution is -2.52. The van der Waals surface area contributed by atoms with Crippen molar-refractivity contribution in [3.8, 4) is 5.75 Å². The third-order valence-corrected chi connectivity index (χ3v) is 6.23. The van der Waals surface area contributed by atoms with Gasteiger partial charge >= 0.3 is 6.03 Å². The van der Waals surface area contributed by atoms with Crippen LogP contribution in [0.2, 0.25) is 0 Å². The third kappa shape index (κ3) is 3.65. The smallest absolute Gasteiger partial charge is 0.320 e. The van der Waals surface area contributed by atoms with Gasteiger partial charge in [0.05, 0.1) is 18.4 Å². The molecule has 1 aromatic heterocycles. The summed E-state index contributed by atoms with van der Waals surface area (Å²) in [6, 6.07) is 4.06. The van der Waals surface area contributed by atoms with Gasteiger partial charge in [0, 0.05) is 39.0 Å². The Hall–Kier alpha value is -1.82. The van der Waals surface area contributed by atoms with E-state index in [1.807, 2.05) is 21.9 Å². The highest BCUT2D eigenvalue weighted by molar-refractivity contribution is 5.74. The number of hydrogen-bond donors (Lipinski definition) is 0. The molecule has 0 aliphatic carbocycles. The third-order valence-electron chi connectivity index (χ3n) is 6.23. The Morgan fingerprint density at radius 3 is 2.73 bits per heavy atom. The van der Waals surface area contributed by atoms with Crippen molar-refractivity contribution in [2.45, 2.75) is 44.1 Å². The lowest BCUT2D eigenvalue weighted by Gasteiger charge is -2.43. The highest BCUT2D eigenvalue weighted by Gasteiger charge is 2.46. The zero-order valence-electron chi connectivity index (χ0n) is 15.4. The molecule has 2 amide bonds. The Kier molecular flexibility index (Phi) is 5.29. The number of amides is 2. The van der Waals surface area contributed by atoms with E-state index >= 15 is 0 Å². The fourth-order valence-corrected chi connectivity index (χ4v) is 4.68. The summed E-state index contributed by atoms with van der Waals surface area (Å²) in [4.78, 5) is 20.7. The van der Waals surface area contributed by atoms with E-state index in [0.717, 1.165) is 77.1 Å². The van der Waals surface area contributed by atoms with E-state index in [2.05, 4.69) is 4.98 Å². The zero-order valence-corrected chi connectivity index (χ0v) is 15.4. The van der Waals surface area contributed by atoms with Gasteiger partial charge in [-0.25, -0.2) is 4.79 Å². The number of likely N-dealkylation sites (tertiary alicyclic amines) is 2. The summed E-state index contributed by atoms with van der Waals surface area (Å²) in [5.41, 5.74) is -0.0555. The topological polar surface area (TPSA) is 54.9 Å². The summed E-state index contributed by atoms with van der Waals surface area (Å²) < 4.78 is 12.1. The van der Waals surface area contributed by atoms with Crippen molar-refractivity contribution in [1.29, 1.82) is 0 Å². The molecule has 4 heterocycles. The number of ether oxygens (including phenoxy) is 2. The van der Waals surface area contributed by atoms with Gasteiger partial charge in [-0.2, -0.15) is 0 Å². The van der Waals surface area contributed by atoms with Gasteiger partial charge in [0.15, 0.2) is 0 Å². The first kappa shape index (κ1) is 17.6.